The quantitative estimate of drug-likeness (QED) is 0.344. The van der Waals surface area contributed by atoms with Gasteiger partial charge in [-0.05, 0) is 25.0 Å². The highest BCUT2D eigenvalue weighted by Crippen LogP contribution is 2.24. The summed E-state index contributed by atoms with van der Waals surface area (Å²) in [7, 11) is 0. The maximum atomic E-state index is 4.72. The van der Waals surface area contributed by atoms with Crippen molar-refractivity contribution in [1.82, 2.24) is 15.0 Å². The van der Waals surface area contributed by atoms with Crippen molar-refractivity contribution in [2.24, 2.45) is 0 Å². The number of hydrogen-bond donors (Lipinski definition) is 1. The fourth-order valence-electron chi connectivity index (χ4n) is 2.42. The van der Waals surface area contributed by atoms with Crippen molar-refractivity contribution in [3.8, 4) is 0 Å². The van der Waals surface area contributed by atoms with Crippen LogP contribution >= 0.6 is 11.8 Å². The van der Waals surface area contributed by atoms with E-state index in [9.17, 15) is 0 Å². The van der Waals surface area contributed by atoms with Gasteiger partial charge in [0.2, 0.25) is 0 Å². The van der Waals surface area contributed by atoms with Crippen molar-refractivity contribution in [2.45, 2.75) is 63.9 Å². The fourth-order valence-corrected chi connectivity index (χ4v) is 3.25. The first-order valence-corrected chi connectivity index (χ1v) is 9.83. The monoisotopic (exact) mass is 332 g/mol. The highest BCUT2D eigenvalue weighted by Gasteiger charge is 2.08. The van der Waals surface area contributed by atoms with Crippen molar-refractivity contribution >= 4 is 28.6 Å². The van der Waals surface area contributed by atoms with Gasteiger partial charge in [-0.2, -0.15) is 0 Å². The second-order valence-electron chi connectivity index (χ2n) is 5.77. The zero-order valence-electron chi connectivity index (χ0n) is 14.3. The van der Waals surface area contributed by atoms with E-state index in [0.717, 1.165) is 34.3 Å². The van der Waals surface area contributed by atoms with Gasteiger partial charge in [-0.25, -0.2) is 15.0 Å². The average molecular weight is 333 g/mol. The number of anilines is 1. The number of rotatable bonds is 11. The Kier molecular flexibility index (Phi) is 8.15. The van der Waals surface area contributed by atoms with Crippen molar-refractivity contribution in [3.63, 3.8) is 0 Å². The Morgan fingerprint density at radius 1 is 1.00 bits per heavy atom. The minimum atomic E-state index is 0.788. The lowest BCUT2D eigenvalue weighted by atomic mass is 10.2. The molecule has 1 N–H and O–H groups in total. The second-order valence-corrected chi connectivity index (χ2v) is 6.83. The molecule has 5 heteroatoms. The van der Waals surface area contributed by atoms with E-state index in [4.69, 9.17) is 4.98 Å². The van der Waals surface area contributed by atoms with E-state index >= 15 is 0 Å². The molecule has 0 aliphatic rings. The van der Waals surface area contributed by atoms with Crippen LogP contribution in [0.5, 0.6) is 0 Å². The Morgan fingerprint density at radius 3 is 2.65 bits per heavy atom. The predicted octanol–water partition coefficient (Wildman–Crippen LogP) is 5.30. The molecule has 0 aliphatic heterocycles. The zero-order chi connectivity index (χ0) is 16.3. The van der Waals surface area contributed by atoms with Crippen LogP contribution in [0.25, 0.3) is 11.0 Å². The molecular formula is C18H28N4S. The van der Waals surface area contributed by atoms with Crippen LogP contribution in [0.1, 0.15) is 58.8 Å². The summed E-state index contributed by atoms with van der Waals surface area (Å²) in [6.45, 7) is 5.41. The van der Waals surface area contributed by atoms with Crippen molar-refractivity contribution in [3.05, 3.63) is 18.3 Å². The van der Waals surface area contributed by atoms with Crippen LogP contribution in [-0.4, -0.2) is 27.2 Å². The summed E-state index contributed by atoms with van der Waals surface area (Å²) in [6, 6.07) is 3.99. The highest BCUT2D eigenvalue weighted by atomic mass is 32.2. The summed E-state index contributed by atoms with van der Waals surface area (Å²) < 4.78 is 0. The number of fused-ring (bicyclic) bond motifs is 1. The van der Waals surface area contributed by atoms with Crippen LogP contribution in [0.3, 0.4) is 0 Å². The lowest BCUT2D eigenvalue weighted by Crippen LogP contribution is -2.06. The van der Waals surface area contributed by atoms with Crippen LogP contribution in [0, 0.1) is 0 Å². The lowest BCUT2D eigenvalue weighted by Gasteiger charge is -2.10. The van der Waals surface area contributed by atoms with Gasteiger partial charge in [-0.15, -0.1) is 0 Å². The first-order valence-electron chi connectivity index (χ1n) is 8.84. The molecule has 2 rings (SSSR count). The highest BCUT2D eigenvalue weighted by molar-refractivity contribution is 7.99. The summed E-state index contributed by atoms with van der Waals surface area (Å²) in [6.07, 6.45) is 10.5. The molecule has 0 radical (unpaired) electrons. The van der Waals surface area contributed by atoms with Crippen LogP contribution in [0.15, 0.2) is 23.5 Å². The van der Waals surface area contributed by atoms with Gasteiger partial charge in [0.25, 0.3) is 0 Å². The second kappa shape index (κ2) is 10.4. The summed E-state index contributed by atoms with van der Waals surface area (Å²) in [5.74, 6) is 2.00. The molecule has 2 aromatic heterocycles. The SMILES string of the molecule is CCCCCCSc1nc(NCCCCC)c2cccnc2n1. The zero-order valence-corrected chi connectivity index (χ0v) is 15.2. The van der Waals surface area contributed by atoms with E-state index in [-0.39, 0.29) is 0 Å². The molecule has 0 amide bonds. The van der Waals surface area contributed by atoms with E-state index in [1.54, 1.807) is 18.0 Å². The van der Waals surface area contributed by atoms with E-state index < -0.39 is 0 Å². The van der Waals surface area contributed by atoms with Crippen LogP contribution in [0.2, 0.25) is 0 Å². The molecule has 0 unspecified atom stereocenters. The molecular weight excluding hydrogens is 304 g/mol. The van der Waals surface area contributed by atoms with E-state index in [1.807, 2.05) is 12.1 Å². The van der Waals surface area contributed by atoms with Crippen molar-refractivity contribution in [2.75, 3.05) is 17.6 Å². The largest absolute Gasteiger partial charge is 0.369 e. The first-order chi connectivity index (χ1) is 11.3. The van der Waals surface area contributed by atoms with Crippen molar-refractivity contribution < 1.29 is 0 Å². The minimum absolute atomic E-state index is 0.788. The average Bonchev–Trinajstić information content (AvgIpc) is 2.58. The maximum absolute atomic E-state index is 4.72. The van der Waals surface area contributed by atoms with Gasteiger partial charge in [0.1, 0.15) is 5.82 Å². The summed E-state index contributed by atoms with van der Waals surface area (Å²) in [5, 5.41) is 5.32. The van der Waals surface area contributed by atoms with Crippen LogP contribution in [-0.2, 0) is 0 Å². The maximum Gasteiger partial charge on any atom is 0.191 e. The number of nitrogens with zero attached hydrogens (tertiary/aromatic N) is 3. The van der Waals surface area contributed by atoms with Gasteiger partial charge in [0.05, 0.1) is 5.39 Å². The summed E-state index contributed by atoms with van der Waals surface area (Å²) in [5.41, 5.74) is 0.788. The molecule has 23 heavy (non-hydrogen) atoms. The van der Waals surface area contributed by atoms with Gasteiger partial charge in [-0.3, -0.25) is 0 Å². The summed E-state index contributed by atoms with van der Waals surface area (Å²) in [4.78, 5) is 13.7. The molecule has 0 saturated carbocycles. The molecule has 0 fully saturated rings. The van der Waals surface area contributed by atoms with Crippen molar-refractivity contribution in [1.29, 1.82) is 0 Å². The Morgan fingerprint density at radius 2 is 1.83 bits per heavy atom. The molecule has 2 aromatic rings. The predicted molar refractivity (Wildman–Crippen MR) is 100 cm³/mol. The molecule has 0 bridgehead atoms. The van der Waals surface area contributed by atoms with Gasteiger partial charge in [-0.1, -0.05) is 57.7 Å². The molecule has 0 atom stereocenters. The number of thioether (sulfide) groups is 1. The Labute approximate surface area is 143 Å². The molecule has 4 nitrogen and oxygen atoms in total. The normalized spacial score (nSPS) is 11.0. The van der Waals surface area contributed by atoms with Crippen LogP contribution in [0.4, 0.5) is 5.82 Å². The Balaban J connectivity index is 2.02. The van der Waals surface area contributed by atoms with E-state index in [0.29, 0.717) is 0 Å². The third kappa shape index (κ3) is 5.98. The molecule has 0 aromatic carbocycles. The van der Waals surface area contributed by atoms with E-state index in [2.05, 4.69) is 29.1 Å². The standard InChI is InChI=1S/C18H28N4S/c1-3-5-7-9-14-23-18-21-16(19-12-8-6-4-2)15-11-10-13-20-17(15)22-18/h10-11,13H,3-9,12,14H2,1-2H3,(H,19,20,21,22). The fraction of sp³-hybridized carbons (Fsp3) is 0.611. The lowest BCUT2D eigenvalue weighted by molar-refractivity contribution is 0.706. The molecule has 0 aliphatic carbocycles. The number of nitrogens with one attached hydrogen (secondary N) is 1. The number of pyridine rings is 1. The molecule has 126 valence electrons. The van der Waals surface area contributed by atoms with Gasteiger partial charge in [0.15, 0.2) is 10.8 Å². The number of hydrogen-bond acceptors (Lipinski definition) is 5. The topological polar surface area (TPSA) is 50.7 Å². The number of aromatic nitrogens is 3. The third-order valence-corrected chi connectivity index (χ3v) is 4.69. The molecule has 0 spiro atoms. The molecule has 2 heterocycles. The smallest absolute Gasteiger partial charge is 0.191 e. The van der Waals surface area contributed by atoms with E-state index in [1.165, 1.54) is 44.9 Å². The number of unbranched alkanes of at least 4 members (excludes halogenated alkanes) is 5. The van der Waals surface area contributed by atoms with Crippen LogP contribution < -0.4 is 5.32 Å². The van der Waals surface area contributed by atoms with Gasteiger partial charge in [0, 0.05) is 18.5 Å². The van der Waals surface area contributed by atoms with Gasteiger partial charge >= 0.3 is 0 Å². The molecule has 0 saturated heterocycles. The Hall–Kier alpha value is -1.36. The minimum Gasteiger partial charge on any atom is -0.369 e. The summed E-state index contributed by atoms with van der Waals surface area (Å²) >= 11 is 1.74. The third-order valence-electron chi connectivity index (χ3n) is 3.75. The Bertz CT molecular complexity index is 588. The van der Waals surface area contributed by atoms with Gasteiger partial charge < -0.3 is 5.32 Å². The first kappa shape index (κ1) is 18.0.